The van der Waals surface area contributed by atoms with Crippen molar-refractivity contribution in [1.82, 2.24) is 20.4 Å². The molecule has 6 nitrogen and oxygen atoms in total. The molecule has 2 fully saturated rings. The molecule has 1 aliphatic heterocycles. The van der Waals surface area contributed by atoms with Crippen molar-refractivity contribution in [2.45, 2.75) is 70.9 Å². The number of carbonyl (C=O) groups excluding carboxylic acids is 1. The molecule has 2 N–H and O–H groups in total. The van der Waals surface area contributed by atoms with Gasteiger partial charge in [0.2, 0.25) is 5.91 Å². The lowest BCUT2D eigenvalue weighted by molar-refractivity contribution is -0.127. The van der Waals surface area contributed by atoms with Gasteiger partial charge in [0.1, 0.15) is 6.54 Å². The van der Waals surface area contributed by atoms with E-state index in [1.54, 1.807) is 19.0 Å². The number of likely N-dealkylation sites (N-methyl/N-ethyl adjacent to an activating group) is 1. The topological polar surface area (TPSA) is 60.0 Å². The third-order valence-electron chi connectivity index (χ3n) is 5.75. The Bertz CT molecular complexity index is 449. The molecule has 1 saturated heterocycles. The van der Waals surface area contributed by atoms with E-state index in [4.69, 9.17) is 0 Å². The van der Waals surface area contributed by atoms with Gasteiger partial charge in [0.05, 0.1) is 0 Å². The minimum absolute atomic E-state index is 0.0402. The van der Waals surface area contributed by atoms with E-state index >= 15 is 0 Å². The maximum atomic E-state index is 11.9. The van der Waals surface area contributed by atoms with Gasteiger partial charge >= 0.3 is 0 Å². The highest BCUT2D eigenvalue weighted by molar-refractivity contribution is 5.84. The van der Waals surface area contributed by atoms with E-state index < -0.39 is 0 Å². The van der Waals surface area contributed by atoms with Crippen molar-refractivity contribution in [2.75, 3.05) is 40.3 Å². The molecule has 150 valence electrons. The Hall–Kier alpha value is -1.30. The largest absolute Gasteiger partial charge is 0.356 e. The highest BCUT2D eigenvalue weighted by Crippen LogP contribution is 2.22. The fraction of sp³-hybridized carbons (Fsp3) is 0.900. The van der Waals surface area contributed by atoms with Crippen LogP contribution in [0.1, 0.15) is 58.8 Å². The molecule has 26 heavy (non-hydrogen) atoms. The summed E-state index contributed by atoms with van der Waals surface area (Å²) in [7, 11) is 3.56. The van der Waals surface area contributed by atoms with Crippen LogP contribution in [0.15, 0.2) is 4.99 Å². The van der Waals surface area contributed by atoms with Gasteiger partial charge in [-0.2, -0.15) is 0 Å². The van der Waals surface area contributed by atoms with Gasteiger partial charge in [-0.3, -0.25) is 4.79 Å². The van der Waals surface area contributed by atoms with Gasteiger partial charge in [0.15, 0.2) is 5.96 Å². The summed E-state index contributed by atoms with van der Waals surface area (Å²) >= 11 is 0. The molecule has 0 aromatic rings. The summed E-state index contributed by atoms with van der Waals surface area (Å²) in [6, 6.07) is 1.06. The first-order valence-electron chi connectivity index (χ1n) is 10.4. The van der Waals surface area contributed by atoms with Crippen molar-refractivity contribution in [2.24, 2.45) is 10.9 Å². The smallest absolute Gasteiger partial charge is 0.243 e. The van der Waals surface area contributed by atoms with Gasteiger partial charge in [-0.15, -0.1) is 0 Å². The summed E-state index contributed by atoms with van der Waals surface area (Å²) < 4.78 is 0. The average molecular weight is 366 g/mol. The number of carbonyl (C=O) groups is 1. The number of hydrogen-bond acceptors (Lipinski definition) is 3. The van der Waals surface area contributed by atoms with Crippen molar-refractivity contribution >= 4 is 11.9 Å². The molecule has 0 spiro atoms. The van der Waals surface area contributed by atoms with Crippen LogP contribution >= 0.6 is 0 Å². The highest BCUT2D eigenvalue weighted by Gasteiger charge is 2.22. The predicted octanol–water partition coefficient (Wildman–Crippen LogP) is 2.06. The maximum Gasteiger partial charge on any atom is 0.243 e. The van der Waals surface area contributed by atoms with E-state index in [-0.39, 0.29) is 12.5 Å². The first kappa shape index (κ1) is 21.0. The van der Waals surface area contributed by atoms with Crippen molar-refractivity contribution < 1.29 is 4.79 Å². The zero-order valence-electron chi connectivity index (χ0n) is 17.3. The summed E-state index contributed by atoms with van der Waals surface area (Å²) in [5, 5.41) is 7.11. The first-order chi connectivity index (χ1) is 12.5. The van der Waals surface area contributed by atoms with Gasteiger partial charge in [-0.05, 0) is 45.4 Å². The molecule has 2 aliphatic rings. The lowest BCUT2D eigenvalue weighted by atomic mass is 9.89. The molecule has 0 aromatic heterocycles. The first-order valence-corrected chi connectivity index (χ1v) is 10.4. The predicted molar refractivity (Wildman–Crippen MR) is 108 cm³/mol. The van der Waals surface area contributed by atoms with Crippen molar-refractivity contribution in [3.05, 3.63) is 0 Å². The van der Waals surface area contributed by atoms with E-state index in [1.165, 1.54) is 32.1 Å². The molecule has 0 atom stereocenters. The van der Waals surface area contributed by atoms with E-state index in [9.17, 15) is 4.79 Å². The number of nitrogens with zero attached hydrogens (tertiary/aromatic N) is 3. The standard InChI is InChI=1S/C20H39N5O/c1-16(2)25-12-10-18(11-13-25)23-20(22-15-19(26)24(3)4)21-14-17-8-6-5-7-9-17/h16-18H,5-15H2,1-4H3,(H2,21,22,23). The summed E-state index contributed by atoms with van der Waals surface area (Å²) in [5.74, 6) is 1.59. The minimum atomic E-state index is 0.0402. The van der Waals surface area contributed by atoms with Crippen molar-refractivity contribution in [3.63, 3.8) is 0 Å². The second-order valence-electron chi connectivity index (χ2n) is 8.39. The molecule has 0 bridgehead atoms. The third-order valence-corrected chi connectivity index (χ3v) is 5.75. The van der Waals surface area contributed by atoms with E-state index in [0.29, 0.717) is 12.1 Å². The number of amides is 1. The Balaban J connectivity index is 1.87. The van der Waals surface area contributed by atoms with Crippen LogP contribution in [0, 0.1) is 5.92 Å². The van der Waals surface area contributed by atoms with Crippen LogP contribution in [0.25, 0.3) is 0 Å². The van der Waals surface area contributed by atoms with Crippen LogP contribution < -0.4 is 10.6 Å². The summed E-state index contributed by atoms with van der Waals surface area (Å²) in [6.07, 6.45) is 8.95. The molecule has 1 amide bonds. The van der Waals surface area contributed by atoms with Crippen LogP contribution in [-0.2, 0) is 4.79 Å². The zero-order chi connectivity index (χ0) is 18.9. The summed E-state index contributed by atoms with van der Waals surface area (Å²) in [6.45, 7) is 7.95. The van der Waals surface area contributed by atoms with Gasteiger partial charge < -0.3 is 20.4 Å². The lowest BCUT2D eigenvalue weighted by Crippen LogP contribution is -2.50. The fourth-order valence-electron chi connectivity index (χ4n) is 3.83. The molecule has 6 heteroatoms. The number of nitrogens with one attached hydrogen (secondary N) is 2. The van der Waals surface area contributed by atoms with Crippen molar-refractivity contribution in [1.29, 1.82) is 0 Å². The molecule has 0 aromatic carbocycles. The number of hydrogen-bond donors (Lipinski definition) is 2. The molecule has 0 unspecified atom stereocenters. The highest BCUT2D eigenvalue weighted by atomic mass is 16.2. The second-order valence-corrected chi connectivity index (χ2v) is 8.39. The quantitative estimate of drug-likeness (QED) is 0.559. The summed E-state index contributed by atoms with van der Waals surface area (Å²) in [5.41, 5.74) is 0. The Morgan fingerprint density at radius 2 is 1.77 bits per heavy atom. The Kier molecular flexibility index (Phi) is 8.69. The molecular formula is C20H39N5O. The monoisotopic (exact) mass is 365 g/mol. The summed E-state index contributed by atoms with van der Waals surface area (Å²) in [4.78, 5) is 20.6. The van der Waals surface area contributed by atoms with E-state index in [2.05, 4.69) is 34.4 Å². The Morgan fingerprint density at radius 1 is 1.12 bits per heavy atom. The maximum absolute atomic E-state index is 11.9. The zero-order valence-corrected chi connectivity index (χ0v) is 17.3. The molecule has 1 heterocycles. The number of rotatable bonds is 6. The van der Waals surface area contributed by atoms with Crippen molar-refractivity contribution in [3.8, 4) is 0 Å². The molecule has 1 aliphatic carbocycles. The lowest BCUT2D eigenvalue weighted by Gasteiger charge is -2.35. The average Bonchev–Trinajstić information content (AvgIpc) is 2.64. The number of aliphatic imine (C=N–C) groups is 1. The van der Waals surface area contributed by atoms with Crippen LogP contribution in [0.3, 0.4) is 0 Å². The van der Waals surface area contributed by atoms with Crippen LogP contribution in [0.5, 0.6) is 0 Å². The Labute approximate surface area is 159 Å². The van der Waals surface area contributed by atoms with Crippen LogP contribution in [-0.4, -0.2) is 74.0 Å². The van der Waals surface area contributed by atoms with E-state index in [0.717, 1.165) is 44.4 Å². The Morgan fingerprint density at radius 3 is 2.35 bits per heavy atom. The number of piperidine rings is 1. The molecule has 2 rings (SSSR count). The van der Waals surface area contributed by atoms with Crippen LogP contribution in [0.2, 0.25) is 0 Å². The van der Waals surface area contributed by atoms with E-state index in [1.807, 2.05) is 0 Å². The number of likely N-dealkylation sites (tertiary alicyclic amines) is 1. The van der Waals surface area contributed by atoms with Gasteiger partial charge in [0.25, 0.3) is 0 Å². The molecule has 1 saturated carbocycles. The minimum Gasteiger partial charge on any atom is -0.356 e. The molecular weight excluding hydrogens is 326 g/mol. The fourth-order valence-corrected chi connectivity index (χ4v) is 3.83. The van der Waals surface area contributed by atoms with Crippen LogP contribution in [0.4, 0.5) is 0 Å². The van der Waals surface area contributed by atoms with Gasteiger partial charge in [-0.1, -0.05) is 19.3 Å². The third kappa shape index (κ3) is 7.14. The SMILES string of the molecule is CC(C)N1CCC(NC(=NCC(=O)N(C)C)NCC2CCCCC2)CC1. The molecule has 0 radical (unpaired) electrons. The normalized spacial score (nSPS) is 21.0. The second kappa shape index (κ2) is 10.8. The van der Waals surface area contributed by atoms with Gasteiger partial charge in [-0.25, -0.2) is 4.99 Å². The van der Waals surface area contributed by atoms with Gasteiger partial charge in [0, 0.05) is 45.8 Å². The number of guanidine groups is 1.